The molecule has 8 nitrogen and oxygen atoms in total. The van der Waals surface area contributed by atoms with Crippen LogP contribution in [0.4, 0.5) is 8.78 Å². The summed E-state index contributed by atoms with van der Waals surface area (Å²) in [5.41, 5.74) is 6.75. The molecule has 0 saturated heterocycles. The third kappa shape index (κ3) is 4.97. The fraction of sp³-hybridized carbons (Fsp3) is 0.364. The van der Waals surface area contributed by atoms with Crippen molar-refractivity contribution in [2.75, 3.05) is 40.5 Å². The van der Waals surface area contributed by atoms with Gasteiger partial charge in [-0.2, -0.15) is 5.10 Å². The van der Waals surface area contributed by atoms with Gasteiger partial charge in [-0.1, -0.05) is 0 Å². The Bertz CT molecular complexity index is 1870. The molecule has 44 heavy (non-hydrogen) atoms. The highest BCUT2D eigenvalue weighted by atomic mass is 32.1. The van der Waals surface area contributed by atoms with Crippen molar-refractivity contribution in [1.82, 2.24) is 30.0 Å². The van der Waals surface area contributed by atoms with Crippen molar-refractivity contribution < 1.29 is 18.3 Å². The van der Waals surface area contributed by atoms with Crippen LogP contribution in [0.1, 0.15) is 42.9 Å². The van der Waals surface area contributed by atoms with Gasteiger partial charge < -0.3 is 14.8 Å². The van der Waals surface area contributed by atoms with Crippen LogP contribution in [0.2, 0.25) is 0 Å². The number of aromatic nitrogens is 4. The van der Waals surface area contributed by atoms with Crippen LogP contribution < -0.4 is 10.1 Å². The van der Waals surface area contributed by atoms with E-state index in [1.54, 1.807) is 7.11 Å². The van der Waals surface area contributed by atoms with Gasteiger partial charge in [-0.25, -0.2) is 13.8 Å². The molecule has 6 heterocycles. The predicted molar refractivity (Wildman–Crippen MR) is 168 cm³/mol. The highest BCUT2D eigenvalue weighted by Gasteiger charge is 2.29. The number of pyridine rings is 2. The van der Waals surface area contributed by atoms with Crippen LogP contribution in [0.15, 0.2) is 41.9 Å². The topological polar surface area (TPSA) is 77.3 Å². The van der Waals surface area contributed by atoms with Crippen LogP contribution >= 0.6 is 11.3 Å². The Hall–Kier alpha value is -3.77. The van der Waals surface area contributed by atoms with Crippen molar-refractivity contribution in [3.8, 4) is 39.5 Å². The van der Waals surface area contributed by atoms with Gasteiger partial charge in [0.2, 0.25) is 0 Å². The lowest BCUT2D eigenvalue weighted by molar-refractivity contribution is 0.146. The number of nitrogens with one attached hydrogen (secondary N) is 1. The maximum atomic E-state index is 16.0. The lowest BCUT2D eigenvalue weighted by atomic mass is 9.93. The first kappa shape index (κ1) is 29.0. The molecule has 228 valence electrons. The Kier molecular flexibility index (Phi) is 7.65. The second-order valence-corrected chi connectivity index (χ2v) is 12.4. The molecule has 4 aromatic heterocycles. The van der Waals surface area contributed by atoms with E-state index in [0.29, 0.717) is 23.5 Å². The third-order valence-corrected chi connectivity index (χ3v) is 9.71. The maximum absolute atomic E-state index is 16.0. The van der Waals surface area contributed by atoms with Crippen molar-refractivity contribution in [1.29, 1.82) is 0 Å². The number of rotatable bonds is 7. The van der Waals surface area contributed by atoms with Gasteiger partial charge in [0.25, 0.3) is 0 Å². The number of fused-ring (bicyclic) bond motifs is 3. The fourth-order valence-corrected chi connectivity index (χ4v) is 7.21. The molecule has 11 heteroatoms. The molecule has 1 aromatic carbocycles. The first-order chi connectivity index (χ1) is 21.3. The minimum atomic E-state index is -0.730. The van der Waals surface area contributed by atoms with Gasteiger partial charge in [0.15, 0.2) is 0 Å². The third-order valence-electron chi connectivity index (χ3n) is 8.79. The number of likely N-dealkylation sites (N-methyl/N-ethyl adjacent to an activating group) is 1. The van der Waals surface area contributed by atoms with E-state index in [-0.39, 0.29) is 36.6 Å². The normalized spacial score (nSPS) is 18.4. The fourth-order valence-electron chi connectivity index (χ4n) is 6.30. The number of ether oxygens (including phenoxy) is 2. The molecular weight excluding hydrogens is 582 g/mol. The first-order valence-electron chi connectivity index (χ1n) is 14.9. The Morgan fingerprint density at radius 3 is 2.75 bits per heavy atom. The molecule has 0 bridgehead atoms. The van der Waals surface area contributed by atoms with E-state index in [1.807, 2.05) is 28.4 Å². The Balaban J connectivity index is 1.50. The van der Waals surface area contributed by atoms with E-state index in [9.17, 15) is 4.39 Å². The molecule has 0 amide bonds. The van der Waals surface area contributed by atoms with E-state index in [2.05, 4.69) is 37.2 Å². The molecule has 0 saturated carbocycles. The van der Waals surface area contributed by atoms with Crippen molar-refractivity contribution in [2.45, 2.75) is 38.9 Å². The lowest BCUT2D eigenvalue weighted by Crippen LogP contribution is -2.31. The second kappa shape index (κ2) is 11.6. The molecule has 5 aromatic rings. The molecule has 7 rings (SSSR count). The minimum absolute atomic E-state index is 0.0918. The molecule has 0 fully saturated rings. The van der Waals surface area contributed by atoms with Gasteiger partial charge in [0, 0.05) is 79.2 Å². The summed E-state index contributed by atoms with van der Waals surface area (Å²) in [4.78, 5) is 12.5. The maximum Gasteiger partial charge on any atom is 0.137 e. The smallest absolute Gasteiger partial charge is 0.137 e. The van der Waals surface area contributed by atoms with Crippen LogP contribution in [0.3, 0.4) is 0 Å². The van der Waals surface area contributed by atoms with Gasteiger partial charge in [-0.05, 0) is 50.0 Å². The van der Waals surface area contributed by atoms with Gasteiger partial charge in [-0.3, -0.25) is 14.6 Å². The highest BCUT2D eigenvalue weighted by Crippen LogP contribution is 2.47. The summed E-state index contributed by atoms with van der Waals surface area (Å²) in [7, 11) is 3.68. The predicted octanol–water partition coefficient (Wildman–Crippen LogP) is 6.41. The molecule has 0 aliphatic carbocycles. The average molecular weight is 617 g/mol. The number of benzene rings is 1. The molecule has 2 atom stereocenters. The summed E-state index contributed by atoms with van der Waals surface area (Å²) >= 11 is 1.53. The molecule has 0 spiro atoms. The van der Waals surface area contributed by atoms with Crippen LogP contribution in [-0.4, -0.2) is 65.1 Å². The number of hydrogen-bond donors (Lipinski definition) is 1. The summed E-state index contributed by atoms with van der Waals surface area (Å²) in [5, 5.41) is 11.2. The SMILES string of the molecule is COCCOc1cc(F)cc(F)c1-c1c(-c2cc3n(n2)CCNC3C)nc(-c2cnc3c(c2)C(C)N(C)CC3)c2sccc12. The molecular formula is C33H34F2N6O2S. The van der Waals surface area contributed by atoms with Crippen LogP contribution in [-0.2, 0) is 17.7 Å². The molecule has 2 aliphatic rings. The first-order valence-corrected chi connectivity index (χ1v) is 15.7. The largest absolute Gasteiger partial charge is 0.490 e. The summed E-state index contributed by atoms with van der Waals surface area (Å²) in [6.45, 7) is 7.16. The quantitative estimate of drug-likeness (QED) is 0.212. The van der Waals surface area contributed by atoms with E-state index in [0.717, 1.165) is 58.3 Å². The number of nitrogens with zero attached hydrogens (tertiary/aromatic N) is 5. The zero-order chi connectivity index (χ0) is 30.5. The number of thiophene rings is 1. The summed E-state index contributed by atoms with van der Waals surface area (Å²) in [6.07, 6.45) is 2.79. The molecule has 2 unspecified atom stereocenters. The van der Waals surface area contributed by atoms with Gasteiger partial charge in [-0.15, -0.1) is 11.3 Å². The highest BCUT2D eigenvalue weighted by molar-refractivity contribution is 7.17. The van der Waals surface area contributed by atoms with Gasteiger partial charge in [0.05, 0.1) is 34.8 Å². The van der Waals surface area contributed by atoms with E-state index < -0.39 is 11.6 Å². The van der Waals surface area contributed by atoms with E-state index in [4.69, 9.17) is 24.5 Å². The number of halogens is 2. The molecule has 0 radical (unpaired) electrons. The number of hydrogen-bond acceptors (Lipinski definition) is 8. The Labute approximate surface area is 258 Å². The monoisotopic (exact) mass is 616 g/mol. The molecule has 1 N–H and O–H groups in total. The Morgan fingerprint density at radius 1 is 1.07 bits per heavy atom. The summed E-state index contributed by atoms with van der Waals surface area (Å²) in [6, 6.07) is 8.60. The van der Waals surface area contributed by atoms with Gasteiger partial charge in [0.1, 0.15) is 35.4 Å². The van der Waals surface area contributed by atoms with Crippen LogP contribution in [0, 0.1) is 11.6 Å². The minimum Gasteiger partial charge on any atom is -0.490 e. The van der Waals surface area contributed by atoms with Crippen molar-refractivity contribution in [2.24, 2.45) is 0 Å². The van der Waals surface area contributed by atoms with Crippen molar-refractivity contribution >= 4 is 21.4 Å². The van der Waals surface area contributed by atoms with Gasteiger partial charge >= 0.3 is 0 Å². The van der Waals surface area contributed by atoms with Crippen LogP contribution in [0.25, 0.3) is 43.9 Å². The Morgan fingerprint density at radius 2 is 1.93 bits per heavy atom. The molecule has 2 aliphatic heterocycles. The van der Waals surface area contributed by atoms with Crippen molar-refractivity contribution in [3.63, 3.8) is 0 Å². The summed E-state index contributed by atoms with van der Waals surface area (Å²) in [5.74, 6) is -1.36. The second-order valence-electron chi connectivity index (χ2n) is 11.5. The lowest BCUT2D eigenvalue weighted by Gasteiger charge is -2.31. The standard InChI is InChI=1S/C33H34F2N6O2S/c1-18-27-16-26(39-41(27)9-7-36-18)32-29(30-24(35)14-21(34)15-28(30)43-11-10-42-4)22-6-12-44-33(22)31(38-32)20-13-23-19(2)40(3)8-5-25(23)37-17-20/h6,12-19,36H,5,7-11H2,1-4H3. The van der Waals surface area contributed by atoms with E-state index >= 15 is 4.39 Å². The average Bonchev–Trinajstić information content (AvgIpc) is 3.67. The summed E-state index contributed by atoms with van der Waals surface area (Å²) < 4.78 is 44.5. The zero-order valence-electron chi connectivity index (χ0n) is 25.2. The van der Waals surface area contributed by atoms with Crippen molar-refractivity contribution in [3.05, 3.63) is 70.5 Å². The van der Waals surface area contributed by atoms with Crippen LogP contribution in [0.5, 0.6) is 5.75 Å². The van der Waals surface area contributed by atoms with E-state index in [1.165, 1.54) is 23.0 Å². The number of methoxy groups -OCH3 is 1. The zero-order valence-corrected chi connectivity index (χ0v) is 26.0.